The Labute approximate surface area is 112 Å². The number of allylic oxidation sites excluding steroid dienone is 1. The maximum atomic E-state index is 12.6. The fourth-order valence-electron chi connectivity index (χ4n) is 3.90. The number of ether oxygens (including phenoxy) is 1. The molecule has 2 aliphatic heterocycles. The molecule has 1 aromatic carbocycles. The van der Waals surface area contributed by atoms with Crippen LogP contribution >= 0.6 is 0 Å². The quantitative estimate of drug-likeness (QED) is 0.722. The minimum Gasteiger partial charge on any atom is -0.352 e. The van der Waals surface area contributed by atoms with Crippen LogP contribution in [0.1, 0.15) is 24.6 Å². The molecule has 19 heavy (non-hydrogen) atoms. The van der Waals surface area contributed by atoms with Crippen LogP contribution < -0.4 is 0 Å². The Balaban J connectivity index is 1.67. The molecule has 4 atom stereocenters. The first-order valence-corrected chi connectivity index (χ1v) is 6.91. The van der Waals surface area contributed by atoms with Crippen LogP contribution in [0, 0.1) is 11.8 Å². The average Bonchev–Trinajstić information content (AvgIpc) is 3.06. The SMILES string of the molecule is C=C1CC2C(=O)N3C(CO[C@H]3c3ccccc3)[C@H]2C1. The maximum Gasteiger partial charge on any atom is 0.229 e. The van der Waals surface area contributed by atoms with Crippen LogP contribution in [0.3, 0.4) is 0 Å². The first kappa shape index (κ1) is 11.2. The number of rotatable bonds is 1. The zero-order valence-corrected chi connectivity index (χ0v) is 10.8. The van der Waals surface area contributed by atoms with Crippen molar-refractivity contribution in [3.8, 4) is 0 Å². The van der Waals surface area contributed by atoms with E-state index in [-0.39, 0.29) is 24.1 Å². The second kappa shape index (κ2) is 3.94. The van der Waals surface area contributed by atoms with Gasteiger partial charge in [-0.2, -0.15) is 0 Å². The second-order valence-electron chi connectivity index (χ2n) is 5.84. The van der Waals surface area contributed by atoms with E-state index in [0.717, 1.165) is 18.4 Å². The highest BCUT2D eigenvalue weighted by molar-refractivity contribution is 5.84. The minimum atomic E-state index is -0.183. The fraction of sp³-hybridized carbons (Fsp3) is 0.438. The molecule has 2 heterocycles. The van der Waals surface area contributed by atoms with Gasteiger partial charge in [-0.3, -0.25) is 4.79 Å². The zero-order chi connectivity index (χ0) is 13.0. The molecule has 0 spiro atoms. The molecule has 1 aromatic rings. The first-order chi connectivity index (χ1) is 9.25. The van der Waals surface area contributed by atoms with Gasteiger partial charge in [-0.1, -0.05) is 42.5 Å². The fourth-order valence-corrected chi connectivity index (χ4v) is 3.90. The molecule has 1 saturated carbocycles. The predicted octanol–water partition coefficient (Wildman–Crippen LogP) is 2.51. The molecule has 2 saturated heterocycles. The summed E-state index contributed by atoms with van der Waals surface area (Å²) in [6.07, 6.45) is 1.68. The summed E-state index contributed by atoms with van der Waals surface area (Å²) >= 11 is 0. The van der Waals surface area contributed by atoms with Gasteiger partial charge in [-0.05, 0) is 18.8 Å². The molecule has 1 amide bonds. The molecule has 0 N–H and O–H groups in total. The van der Waals surface area contributed by atoms with Crippen molar-refractivity contribution in [1.29, 1.82) is 0 Å². The Morgan fingerprint density at radius 3 is 2.79 bits per heavy atom. The molecule has 0 radical (unpaired) electrons. The largest absolute Gasteiger partial charge is 0.352 e. The average molecular weight is 255 g/mol. The van der Waals surface area contributed by atoms with Crippen molar-refractivity contribution in [3.05, 3.63) is 48.0 Å². The van der Waals surface area contributed by atoms with Crippen LogP contribution in [0.15, 0.2) is 42.5 Å². The molecule has 3 nitrogen and oxygen atoms in total. The number of carbonyl (C=O) groups is 1. The summed E-state index contributed by atoms with van der Waals surface area (Å²) in [6.45, 7) is 4.72. The summed E-state index contributed by atoms with van der Waals surface area (Å²) < 4.78 is 5.90. The number of hydrogen-bond acceptors (Lipinski definition) is 2. The van der Waals surface area contributed by atoms with Crippen molar-refractivity contribution in [2.75, 3.05) is 6.61 Å². The van der Waals surface area contributed by atoms with E-state index in [1.54, 1.807) is 0 Å². The molecule has 0 bridgehead atoms. The lowest BCUT2D eigenvalue weighted by molar-refractivity contribution is -0.137. The van der Waals surface area contributed by atoms with E-state index >= 15 is 0 Å². The Morgan fingerprint density at radius 1 is 1.21 bits per heavy atom. The summed E-state index contributed by atoms with van der Waals surface area (Å²) in [5.74, 6) is 0.848. The predicted molar refractivity (Wildman–Crippen MR) is 71.1 cm³/mol. The highest BCUT2D eigenvalue weighted by Crippen LogP contribution is 2.50. The lowest BCUT2D eigenvalue weighted by Gasteiger charge is -2.24. The van der Waals surface area contributed by atoms with E-state index in [1.807, 2.05) is 35.2 Å². The Bertz CT molecular complexity index is 539. The van der Waals surface area contributed by atoms with Crippen LogP contribution in [-0.2, 0) is 9.53 Å². The monoisotopic (exact) mass is 255 g/mol. The van der Waals surface area contributed by atoms with Gasteiger partial charge < -0.3 is 9.64 Å². The maximum absolute atomic E-state index is 12.6. The van der Waals surface area contributed by atoms with E-state index in [9.17, 15) is 4.79 Å². The van der Waals surface area contributed by atoms with Crippen molar-refractivity contribution in [2.24, 2.45) is 11.8 Å². The van der Waals surface area contributed by atoms with Crippen LogP contribution in [0.2, 0.25) is 0 Å². The van der Waals surface area contributed by atoms with Crippen LogP contribution in [0.5, 0.6) is 0 Å². The number of nitrogens with zero attached hydrogens (tertiary/aromatic N) is 1. The summed E-state index contributed by atoms with van der Waals surface area (Å²) in [5, 5.41) is 0. The molecule has 3 fully saturated rings. The van der Waals surface area contributed by atoms with E-state index in [1.165, 1.54) is 5.57 Å². The molecule has 3 aliphatic rings. The number of hydrogen-bond donors (Lipinski definition) is 0. The van der Waals surface area contributed by atoms with Crippen LogP contribution in [-0.4, -0.2) is 23.5 Å². The molecule has 0 aromatic heterocycles. The summed E-state index contributed by atoms with van der Waals surface area (Å²) in [6, 6.07) is 10.3. The number of amides is 1. The smallest absolute Gasteiger partial charge is 0.229 e. The Hall–Kier alpha value is -1.61. The minimum absolute atomic E-state index is 0.160. The van der Waals surface area contributed by atoms with Gasteiger partial charge in [0.25, 0.3) is 0 Å². The third kappa shape index (κ3) is 1.51. The van der Waals surface area contributed by atoms with Crippen molar-refractivity contribution in [1.82, 2.24) is 4.90 Å². The lowest BCUT2D eigenvalue weighted by atomic mass is 9.94. The summed E-state index contributed by atoms with van der Waals surface area (Å²) in [4.78, 5) is 14.6. The van der Waals surface area contributed by atoms with Crippen molar-refractivity contribution in [2.45, 2.75) is 25.1 Å². The number of benzene rings is 1. The van der Waals surface area contributed by atoms with Gasteiger partial charge in [-0.15, -0.1) is 0 Å². The molecular weight excluding hydrogens is 238 g/mol. The van der Waals surface area contributed by atoms with Gasteiger partial charge in [-0.25, -0.2) is 0 Å². The zero-order valence-electron chi connectivity index (χ0n) is 10.8. The van der Waals surface area contributed by atoms with Gasteiger partial charge in [0, 0.05) is 11.5 Å². The number of fused-ring (bicyclic) bond motifs is 3. The topological polar surface area (TPSA) is 29.5 Å². The van der Waals surface area contributed by atoms with E-state index < -0.39 is 0 Å². The third-order valence-electron chi connectivity index (χ3n) is 4.74. The van der Waals surface area contributed by atoms with E-state index in [2.05, 4.69) is 6.58 Å². The molecule has 4 rings (SSSR count). The Kier molecular flexibility index (Phi) is 2.33. The highest BCUT2D eigenvalue weighted by Gasteiger charge is 2.56. The second-order valence-corrected chi connectivity index (χ2v) is 5.84. The van der Waals surface area contributed by atoms with Crippen molar-refractivity contribution < 1.29 is 9.53 Å². The lowest BCUT2D eigenvalue weighted by Crippen LogP contribution is -2.33. The Morgan fingerprint density at radius 2 is 2.00 bits per heavy atom. The third-order valence-corrected chi connectivity index (χ3v) is 4.74. The first-order valence-electron chi connectivity index (χ1n) is 6.91. The molecule has 3 heteroatoms. The molecular formula is C16H17NO2. The molecule has 98 valence electrons. The molecule has 2 unspecified atom stereocenters. The standard InChI is InChI=1S/C16H17NO2/c1-10-7-12-13(8-10)15(18)17-14(12)9-19-16(17)11-5-3-2-4-6-11/h2-6,12-14,16H,1,7-9H2/t12-,13?,14?,16-/m0/s1. The van der Waals surface area contributed by atoms with Crippen molar-refractivity contribution >= 4 is 5.91 Å². The van der Waals surface area contributed by atoms with E-state index in [0.29, 0.717) is 12.5 Å². The van der Waals surface area contributed by atoms with Crippen LogP contribution in [0.25, 0.3) is 0 Å². The van der Waals surface area contributed by atoms with Gasteiger partial charge >= 0.3 is 0 Å². The summed E-state index contributed by atoms with van der Waals surface area (Å²) in [7, 11) is 0. The van der Waals surface area contributed by atoms with Gasteiger partial charge in [0.2, 0.25) is 5.91 Å². The van der Waals surface area contributed by atoms with E-state index in [4.69, 9.17) is 4.74 Å². The highest BCUT2D eigenvalue weighted by atomic mass is 16.5. The normalized spacial score (nSPS) is 36.7. The van der Waals surface area contributed by atoms with Gasteiger partial charge in [0.05, 0.1) is 12.6 Å². The summed E-state index contributed by atoms with van der Waals surface area (Å²) in [5.41, 5.74) is 2.31. The van der Waals surface area contributed by atoms with Crippen LogP contribution in [0.4, 0.5) is 0 Å². The molecule has 1 aliphatic carbocycles. The van der Waals surface area contributed by atoms with Gasteiger partial charge in [0.1, 0.15) is 0 Å². The number of carbonyl (C=O) groups excluding carboxylic acids is 1. The van der Waals surface area contributed by atoms with Gasteiger partial charge in [0.15, 0.2) is 6.23 Å². The van der Waals surface area contributed by atoms with Crippen molar-refractivity contribution in [3.63, 3.8) is 0 Å².